The number of carboxylic acid groups (broad SMARTS) is 1. The third kappa shape index (κ3) is 3.19. The van der Waals surface area contributed by atoms with Crippen LogP contribution in [0.25, 0.3) is 0 Å². The molecule has 0 bridgehead atoms. The van der Waals surface area contributed by atoms with Crippen molar-refractivity contribution in [3.8, 4) is 0 Å². The van der Waals surface area contributed by atoms with Crippen LogP contribution in [0, 0.1) is 5.92 Å². The molecule has 1 unspecified atom stereocenters. The van der Waals surface area contributed by atoms with Crippen LogP contribution in [-0.4, -0.2) is 41.7 Å². The standard InChI is InChI=1S/C12H24N2O2/c1-3-9-4-6-10(7-5-9)14(2)11(8-13)12(15)16/h9-11H,3-8,13H2,1-2H3,(H,15,16). The summed E-state index contributed by atoms with van der Waals surface area (Å²) in [7, 11) is 1.89. The van der Waals surface area contributed by atoms with Crippen LogP contribution < -0.4 is 5.73 Å². The Morgan fingerprint density at radius 1 is 1.44 bits per heavy atom. The summed E-state index contributed by atoms with van der Waals surface area (Å²) < 4.78 is 0. The minimum atomic E-state index is -0.803. The van der Waals surface area contributed by atoms with Gasteiger partial charge in [0.25, 0.3) is 0 Å². The van der Waals surface area contributed by atoms with Crippen molar-refractivity contribution in [1.29, 1.82) is 0 Å². The van der Waals surface area contributed by atoms with Crippen molar-refractivity contribution >= 4 is 5.97 Å². The maximum atomic E-state index is 11.0. The quantitative estimate of drug-likeness (QED) is 0.744. The third-order valence-electron chi connectivity index (χ3n) is 3.97. The molecule has 0 radical (unpaired) electrons. The first-order chi connectivity index (χ1) is 7.60. The molecule has 0 amide bonds. The normalized spacial score (nSPS) is 28.0. The van der Waals surface area contributed by atoms with Gasteiger partial charge in [0, 0.05) is 12.6 Å². The largest absolute Gasteiger partial charge is 0.480 e. The highest BCUT2D eigenvalue weighted by molar-refractivity contribution is 5.73. The average molecular weight is 228 g/mol. The van der Waals surface area contributed by atoms with Gasteiger partial charge in [-0.2, -0.15) is 0 Å². The molecule has 0 aromatic carbocycles. The Labute approximate surface area is 97.8 Å². The summed E-state index contributed by atoms with van der Waals surface area (Å²) >= 11 is 0. The molecule has 1 rings (SSSR count). The number of hydrogen-bond acceptors (Lipinski definition) is 3. The van der Waals surface area contributed by atoms with Gasteiger partial charge in [0.2, 0.25) is 0 Å². The molecule has 4 nitrogen and oxygen atoms in total. The highest BCUT2D eigenvalue weighted by atomic mass is 16.4. The Morgan fingerprint density at radius 3 is 2.38 bits per heavy atom. The summed E-state index contributed by atoms with van der Waals surface area (Å²) in [5.74, 6) is 0.0356. The Morgan fingerprint density at radius 2 is 2.00 bits per heavy atom. The lowest BCUT2D eigenvalue weighted by Crippen LogP contribution is -2.49. The van der Waals surface area contributed by atoms with Gasteiger partial charge >= 0.3 is 5.97 Å². The average Bonchev–Trinajstić information content (AvgIpc) is 2.29. The van der Waals surface area contributed by atoms with Crippen LogP contribution in [0.2, 0.25) is 0 Å². The lowest BCUT2D eigenvalue weighted by atomic mass is 9.83. The Kier molecular flexibility index (Phi) is 5.22. The molecule has 0 aromatic rings. The lowest BCUT2D eigenvalue weighted by Gasteiger charge is -2.37. The lowest BCUT2D eigenvalue weighted by molar-refractivity contribution is -0.143. The van der Waals surface area contributed by atoms with Crippen molar-refractivity contribution in [3.05, 3.63) is 0 Å². The van der Waals surface area contributed by atoms with Crippen LogP contribution in [0.4, 0.5) is 0 Å². The fourth-order valence-electron chi connectivity index (χ4n) is 2.66. The van der Waals surface area contributed by atoms with Crippen LogP contribution in [0.1, 0.15) is 39.0 Å². The van der Waals surface area contributed by atoms with Crippen molar-refractivity contribution in [2.24, 2.45) is 11.7 Å². The molecule has 0 spiro atoms. The van der Waals surface area contributed by atoms with Gasteiger partial charge in [0.05, 0.1) is 0 Å². The molecule has 0 saturated heterocycles. The van der Waals surface area contributed by atoms with E-state index in [1.165, 1.54) is 19.3 Å². The summed E-state index contributed by atoms with van der Waals surface area (Å²) in [6.07, 6.45) is 5.91. The minimum absolute atomic E-state index is 0.194. The van der Waals surface area contributed by atoms with E-state index >= 15 is 0 Å². The molecule has 1 fully saturated rings. The van der Waals surface area contributed by atoms with Gasteiger partial charge in [0.1, 0.15) is 6.04 Å². The monoisotopic (exact) mass is 228 g/mol. The van der Waals surface area contributed by atoms with Gasteiger partial charge in [-0.3, -0.25) is 9.69 Å². The second kappa shape index (κ2) is 6.21. The fourth-order valence-corrected chi connectivity index (χ4v) is 2.66. The van der Waals surface area contributed by atoms with E-state index < -0.39 is 12.0 Å². The Balaban J connectivity index is 2.48. The SMILES string of the molecule is CCC1CCC(N(C)C(CN)C(=O)O)CC1. The highest BCUT2D eigenvalue weighted by Gasteiger charge is 2.29. The number of nitrogens with zero attached hydrogens (tertiary/aromatic N) is 1. The van der Waals surface area contributed by atoms with E-state index in [4.69, 9.17) is 10.8 Å². The maximum absolute atomic E-state index is 11.0. The summed E-state index contributed by atoms with van der Waals surface area (Å²) in [5.41, 5.74) is 5.51. The van der Waals surface area contributed by atoms with Gasteiger partial charge in [-0.1, -0.05) is 13.3 Å². The molecule has 1 aliphatic rings. The van der Waals surface area contributed by atoms with Gasteiger partial charge in [0.15, 0.2) is 0 Å². The summed E-state index contributed by atoms with van der Waals surface area (Å²) in [6, 6.07) is -0.129. The number of aliphatic carboxylic acids is 1. The van der Waals surface area contributed by atoms with Crippen LogP contribution in [0.15, 0.2) is 0 Å². The number of carboxylic acids is 1. The first kappa shape index (κ1) is 13.5. The molecule has 0 heterocycles. The smallest absolute Gasteiger partial charge is 0.322 e. The highest BCUT2D eigenvalue weighted by Crippen LogP contribution is 2.29. The molecular formula is C12H24N2O2. The number of nitrogens with two attached hydrogens (primary N) is 1. The van der Waals surface area contributed by atoms with Crippen molar-refractivity contribution in [2.75, 3.05) is 13.6 Å². The Hall–Kier alpha value is -0.610. The molecule has 4 heteroatoms. The van der Waals surface area contributed by atoms with Crippen molar-refractivity contribution < 1.29 is 9.90 Å². The fraction of sp³-hybridized carbons (Fsp3) is 0.917. The molecule has 1 atom stereocenters. The predicted molar refractivity (Wildman–Crippen MR) is 64.3 cm³/mol. The van der Waals surface area contributed by atoms with Gasteiger partial charge in [-0.25, -0.2) is 0 Å². The number of likely N-dealkylation sites (N-methyl/N-ethyl adjacent to an activating group) is 1. The van der Waals surface area contributed by atoms with E-state index in [1.54, 1.807) is 0 Å². The van der Waals surface area contributed by atoms with E-state index in [2.05, 4.69) is 6.92 Å². The van der Waals surface area contributed by atoms with Crippen molar-refractivity contribution in [2.45, 2.75) is 51.1 Å². The van der Waals surface area contributed by atoms with E-state index in [0.717, 1.165) is 18.8 Å². The van der Waals surface area contributed by atoms with Crippen LogP contribution in [0.3, 0.4) is 0 Å². The zero-order chi connectivity index (χ0) is 12.1. The molecule has 1 saturated carbocycles. The zero-order valence-electron chi connectivity index (χ0n) is 10.4. The zero-order valence-corrected chi connectivity index (χ0v) is 10.4. The molecular weight excluding hydrogens is 204 g/mol. The molecule has 94 valence electrons. The first-order valence-electron chi connectivity index (χ1n) is 6.24. The van der Waals surface area contributed by atoms with E-state index in [9.17, 15) is 4.79 Å². The number of carbonyl (C=O) groups is 1. The van der Waals surface area contributed by atoms with Crippen molar-refractivity contribution in [3.63, 3.8) is 0 Å². The van der Waals surface area contributed by atoms with Gasteiger partial charge in [-0.15, -0.1) is 0 Å². The van der Waals surface area contributed by atoms with E-state index in [1.807, 2.05) is 11.9 Å². The third-order valence-corrected chi connectivity index (χ3v) is 3.97. The number of rotatable bonds is 5. The summed E-state index contributed by atoms with van der Waals surface area (Å²) in [4.78, 5) is 13.0. The topological polar surface area (TPSA) is 66.6 Å². The molecule has 1 aliphatic carbocycles. The molecule has 0 aromatic heterocycles. The molecule has 0 aliphatic heterocycles. The van der Waals surface area contributed by atoms with Crippen LogP contribution in [0.5, 0.6) is 0 Å². The number of hydrogen-bond donors (Lipinski definition) is 2. The second-order valence-electron chi connectivity index (χ2n) is 4.84. The van der Waals surface area contributed by atoms with Crippen molar-refractivity contribution in [1.82, 2.24) is 4.90 Å². The molecule has 3 N–H and O–H groups in total. The van der Waals surface area contributed by atoms with E-state index in [-0.39, 0.29) is 6.54 Å². The van der Waals surface area contributed by atoms with Gasteiger partial charge in [-0.05, 0) is 38.6 Å². The second-order valence-corrected chi connectivity index (χ2v) is 4.84. The Bertz CT molecular complexity index is 225. The predicted octanol–water partition coefficient (Wildman–Crippen LogP) is 1.30. The van der Waals surface area contributed by atoms with Crippen LogP contribution >= 0.6 is 0 Å². The minimum Gasteiger partial charge on any atom is -0.480 e. The van der Waals surface area contributed by atoms with Crippen LogP contribution in [-0.2, 0) is 4.79 Å². The van der Waals surface area contributed by atoms with E-state index in [0.29, 0.717) is 6.04 Å². The molecule has 16 heavy (non-hydrogen) atoms. The first-order valence-corrected chi connectivity index (χ1v) is 6.24. The van der Waals surface area contributed by atoms with Gasteiger partial charge < -0.3 is 10.8 Å². The summed E-state index contributed by atoms with van der Waals surface area (Å²) in [5, 5.41) is 9.05. The maximum Gasteiger partial charge on any atom is 0.322 e. The summed E-state index contributed by atoms with van der Waals surface area (Å²) in [6.45, 7) is 2.42.